The van der Waals surface area contributed by atoms with Crippen LogP contribution in [-0.4, -0.2) is 15.7 Å². The Morgan fingerprint density at radius 3 is 2.32 bits per heavy atom. The third kappa shape index (κ3) is 3.38. The molecular weight excluding hydrogens is 321 g/mol. The molecule has 0 aliphatic rings. The molecule has 6 heteroatoms. The number of hydrogen-bond acceptors (Lipinski definition) is 2. The fraction of sp³-hybridized carbons (Fsp3) is 0.158. The molecule has 0 aliphatic carbocycles. The lowest BCUT2D eigenvalue weighted by Gasteiger charge is -2.05. The van der Waals surface area contributed by atoms with Gasteiger partial charge in [0.05, 0.1) is 5.69 Å². The minimum atomic E-state index is -0.508. The number of benzene rings is 2. The molecule has 0 saturated heterocycles. The maximum atomic E-state index is 13.2. The van der Waals surface area contributed by atoms with Gasteiger partial charge < -0.3 is 5.32 Å². The van der Waals surface area contributed by atoms with Crippen molar-refractivity contribution in [3.05, 3.63) is 76.3 Å². The van der Waals surface area contributed by atoms with E-state index < -0.39 is 11.5 Å². The van der Waals surface area contributed by atoms with Gasteiger partial charge >= 0.3 is 0 Å². The highest BCUT2D eigenvalue weighted by Crippen LogP contribution is 2.22. The summed E-state index contributed by atoms with van der Waals surface area (Å²) in [4.78, 5) is 25.4. The predicted octanol–water partition coefficient (Wildman–Crippen LogP) is 3.82. The van der Waals surface area contributed by atoms with E-state index in [9.17, 15) is 14.0 Å². The zero-order valence-corrected chi connectivity index (χ0v) is 13.9. The fourth-order valence-electron chi connectivity index (χ4n) is 2.57. The first-order valence-electron chi connectivity index (χ1n) is 7.94. The monoisotopic (exact) mass is 339 g/mol. The van der Waals surface area contributed by atoms with Gasteiger partial charge in [-0.1, -0.05) is 18.2 Å². The van der Waals surface area contributed by atoms with Crippen molar-refractivity contribution in [3.8, 4) is 11.3 Å². The molecule has 1 aromatic heterocycles. The van der Waals surface area contributed by atoms with Crippen molar-refractivity contribution >= 4 is 11.6 Å². The molecule has 0 spiro atoms. The first-order chi connectivity index (χ1) is 12.0. The number of anilines is 1. The Labute approximate surface area is 144 Å². The zero-order chi connectivity index (χ0) is 18.0. The molecule has 1 heterocycles. The van der Waals surface area contributed by atoms with E-state index in [0.29, 0.717) is 16.9 Å². The number of H-pyrrole nitrogens is 1. The first-order valence-corrected chi connectivity index (χ1v) is 7.94. The van der Waals surface area contributed by atoms with Gasteiger partial charge in [0.2, 0.25) is 0 Å². The summed E-state index contributed by atoms with van der Waals surface area (Å²) in [5, 5.41) is 5.70. The predicted molar refractivity (Wildman–Crippen MR) is 95.2 cm³/mol. The number of carbonyl (C=O) groups excluding carboxylic acids is 1. The van der Waals surface area contributed by atoms with Crippen molar-refractivity contribution in [1.29, 1.82) is 0 Å². The van der Waals surface area contributed by atoms with Gasteiger partial charge in [-0.3, -0.25) is 14.7 Å². The average molecular weight is 339 g/mol. The molecule has 1 amide bonds. The number of amides is 1. The number of rotatable bonds is 4. The van der Waals surface area contributed by atoms with Crippen LogP contribution < -0.4 is 10.9 Å². The van der Waals surface area contributed by atoms with Gasteiger partial charge in [-0.15, -0.1) is 0 Å². The molecular formula is C19H18FN3O2. The second-order valence-corrected chi connectivity index (χ2v) is 5.96. The van der Waals surface area contributed by atoms with Crippen LogP contribution in [0.15, 0.2) is 59.4 Å². The number of aromatic nitrogens is 2. The van der Waals surface area contributed by atoms with Gasteiger partial charge in [0, 0.05) is 17.3 Å². The summed E-state index contributed by atoms with van der Waals surface area (Å²) in [7, 11) is 0. The van der Waals surface area contributed by atoms with Crippen molar-refractivity contribution in [2.75, 3.05) is 5.32 Å². The van der Waals surface area contributed by atoms with Crippen LogP contribution in [0.5, 0.6) is 0 Å². The van der Waals surface area contributed by atoms with E-state index in [1.54, 1.807) is 24.3 Å². The Morgan fingerprint density at radius 1 is 1.08 bits per heavy atom. The molecule has 0 fully saturated rings. The van der Waals surface area contributed by atoms with Gasteiger partial charge in [-0.2, -0.15) is 0 Å². The molecule has 0 saturated carbocycles. The van der Waals surface area contributed by atoms with Gasteiger partial charge in [0.25, 0.3) is 11.5 Å². The van der Waals surface area contributed by atoms with Gasteiger partial charge in [-0.25, -0.2) is 9.07 Å². The van der Waals surface area contributed by atoms with Gasteiger partial charge in [-0.05, 0) is 50.2 Å². The van der Waals surface area contributed by atoms with Crippen molar-refractivity contribution in [1.82, 2.24) is 9.78 Å². The minimum absolute atomic E-state index is 0.00385. The van der Waals surface area contributed by atoms with Crippen LogP contribution in [0.3, 0.4) is 0 Å². The van der Waals surface area contributed by atoms with Gasteiger partial charge in [0.1, 0.15) is 11.4 Å². The first kappa shape index (κ1) is 16.7. The second-order valence-electron chi connectivity index (χ2n) is 5.96. The van der Waals surface area contributed by atoms with Crippen molar-refractivity contribution in [2.24, 2.45) is 0 Å². The maximum Gasteiger partial charge on any atom is 0.280 e. The molecule has 25 heavy (non-hydrogen) atoms. The molecule has 128 valence electrons. The largest absolute Gasteiger partial charge is 0.322 e. The Bertz CT molecular complexity index is 941. The van der Waals surface area contributed by atoms with E-state index in [1.807, 2.05) is 19.9 Å². The number of halogens is 1. The Balaban J connectivity index is 2.09. The molecule has 2 aromatic carbocycles. The maximum absolute atomic E-state index is 13.2. The fourth-order valence-corrected chi connectivity index (χ4v) is 2.57. The van der Waals surface area contributed by atoms with Crippen LogP contribution in [0.4, 0.5) is 10.1 Å². The number of carbonyl (C=O) groups is 1. The van der Waals surface area contributed by atoms with Crippen LogP contribution in [0.25, 0.3) is 11.3 Å². The van der Waals surface area contributed by atoms with Crippen molar-refractivity contribution < 1.29 is 9.18 Å². The second kappa shape index (κ2) is 6.76. The summed E-state index contributed by atoms with van der Waals surface area (Å²) < 4.78 is 14.6. The lowest BCUT2D eigenvalue weighted by Crippen LogP contribution is -2.26. The van der Waals surface area contributed by atoms with Gasteiger partial charge in [0.15, 0.2) is 0 Å². The van der Waals surface area contributed by atoms with E-state index in [0.717, 1.165) is 0 Å². The summed E-state index contributed by atoms with van der Waals surface area (Å²) in [5.74, 6) is -0.893. The van der Waals surface area contributed by atoms with E-state index in [1.165, 1.54) is 28.9 Å². The van der Waals surface area contributed by atoms with Crippen LogP contribution in [0, 0.1) is 5.82 Å². The summed E-state index contributed by atoms with van der Waals surface area (Å²) in [6, 6.07) is 14.4. The normalized spacial score (nSPS) is 10.9. The number of nitrogens with one attached hydrogen (secondary N) is 2. The summed E-state index contributed by atoms with van der Waals surface area (Å²) >= 11 is 0. The van der Waals surface area contributed by atoms with E-state index in [-0.39, 0.29) is 17.4 Å². The summed E-state index contributed by atoms with van der Waals surface area (Å²) in [6.45, 7) is 3.68. The molecule has 3 aromatic rings. The SMILES string of the molecule is CC(C)n1[nH]c(-c2ccc(F)cc2)c(C(=O)Nc2ccccc2)c1=O. The van der Waals surface area contributed by atoms with Crippen LogP contribution >= 0.6 is 0 Å². The van der Waals surface area contributed by atoms with E-state index in [4.69, 9.17) is 0 Å². The number of para-hydroxylation sites is 1. The third-order valence-electron chi connectivity index (χ3n) is 3.82. The van der Waals surface area contributed by atoms with Crippen molar-refractivity contribution in [2.45, 2.75) is 19.9 Å². The van der Waals surface area contributed by atoms with E-state index in [2.05, 4.69) is 10.4 Å². The molecule has 2 N–H and O–H groups in total. The zero-order valence-electron chi connectivity index (χ0n) is 13.9. The molecule has 0 atom stereocenters. The average Bonchev–Trinajstić information content (AvgIpc) is 2.94. The molecule has 5 nitrogen and oxygen atoms in total. The molecule has 0 bridgehead atoms. The Hall–Kier alpha value is -3.15. The molecule has 0 unspecified atom stereocenters. The smallest absolute Gasteiger partial charge is 0.280 e. The Kier molecular flexibility index (Phi) is 4.52. The minimum Gasteiger partial charge on any atom is -0.322 e. The highest BCUT2D eigenvalue weighted by atomic mass is 19.1. The quantitative estimate of drug-likeness (QED) is 0.759. The Morgan fingerprint density at radius 2 is 1.72 bits per heavy atom. The number of aromatic amines is 1. The lowest BCUT2D eigenvalue weighted by atomic mass is 10.1. The molecule has 0 radical (unpaired) electrons. The number of nitrogens with zero attached hydrogens (tertiary/aromatic N) is 1. The van der Waals surface area contributed by atoms with Crippen LogP contribution in [0.2, 0.25) is 0 Å². The summed E-state index contributed by atoms with van der Waals surface area (Å²) in [5.41, 5.74) is 1.12. The third-order valence-corrected chi connectivity index (χ3v) is 3.82. The topological polar surface area (TPSA) is 66.9 Å². The highest BCUT2D eigenvalue weighted by Gasteiger charge is 2.23. The van der Waals surface area contributed by atoms with Crippen molar-refractivity contribution in [3.63, 3.8) is 0 Å². The van der Waals surface area contributed by atoms with Crippen LogP contribution in [0.1, 0.15) is 30.2 Å². The lowest BCUT2D eigenvalue weighted by molar-refractivity contribution is 0.102. The standard InChI is InChI=1S/C19H18FN3O2/c1-12(2)23-19(25)16(18(24)21-15-6-4-3-5-7-15)17(22-23)13-8-10-14(20)11-9-13/h3-12,22H,1-2H3,(H,21,24). The molecule has 3 rings (SSSR count). The highest BCUT2D eigenvalue weighted by molar-refractivity contribution is 6.07. The molecule has 0 aliphatic heterocycles. The van der Waals surface area contributed by atoms with Crippen LogP contribution in [-0.2, 0) is 0 Å². The number of hydrogen-bond donors (Lipinski definition) is 2. The van der Waals surface area contributed by atoms with E-state index >= 15 is 0 Å². The summed E-state index contributed by atoms with van der Waals surface area (Å²) in [6.07, 6.45) is 0.